The molecule has 0 aliphatic carbocycles. The summed E-state index contributed by atoms with van der Waals surface area (Å²) in [4.78, 5) is 14.7. The molecule has 0 aliphatic heterocycles. The van der Waals surface area contributed by atoms with E-state index in [2.05, 4.69) is 9.72 Å². The summed E-state index contributed by atoms with van der Waals surface area (Å²) < 4.78 is 29.0. The molecule has 0 saturated heterocycles. The topological polar surface area (TPSA) is 39.2 Å². The maximum atomic E-state index is 12.3. The first-order chi connectivity index (χ1) is 6.56. The summed E-state index contributed by atoms with van der Waals surface area (Å²) in [7, 11) is 1.21. The van der Waals surface area contributed by atoms with Gasteiger partial charge in [0.05, 0.1) is 7.11 Å². The van der Waals surface area contributed by atoms with Crippen molar-refractivity contribution in [1.29, 1.82) is 0 Å². The predicted octanol–water partition coefficient (Wildman–Crippen LogP) is 2.11. The Balaban J connectivity index is 3.06. The van der Waals surface area contributed by atoms with Gasteiger partial charge in [-0.25, -0.2) is 18.6 Å². The van der Waals surface area contributed by atoms with Gasteiger partial charge < -0.3 is 4.74 Å². The number of nitrogens with zero attached hydrogens (tertiary/aromatic N) is 1. The highest BCUT2D eigenvalue weighted by atomic mass is 19.3. The van der Waals surface area contributed by atoms with Crippen molar-refractivity contribution in [2.75, 3.05) is 7.11 Å². The maximum absolute atomic E-state index is 12.3. The number of pyridine rings is 1. The van der Waals surface area contributed by atoms with E-state index in [4.69, 9.17) is 0 Å². The predicted molar refractivity (Wildman–Crippen MR) is 45.3 cm³/mol. The van der Waals surface area contributed by atoms with Gasteiger partial charge in [-0.05, 0) is 19.1 Å². The van der Waals surface area contributed by atoms with Crippen molar-refractivity contribution in [3.8, 4) is 0 Å². The molecule has 1 aromatic heterocycles. The minimum atomic E-state index is -2.57. The Morgan fingerprint density at radius 3 is 2.57 bits per heavy atom. The number of carbonyl (C=O) groups excluding carboxylic acids is 1. The molecule has 14 heavy (non-hydrogen) atoms. The van der Waals surface area contributed by atoms with Gasteiger partial charge in [-0.1, -0.05) is 0 Å². The molecule has 0 N–H and O–H groups in total. The van der Waals surface area contributed by atoms with Crippen molar-refractivity contribution < 1.29 is 18.3 Å². The molecule has 0 bridgehead atoms. The lowest BCUT2D eigenvalue weighted by molar-refractivity contribution is 0.0593. The highest BCUT2D eigenvalue weighted by molar-refractivity contribution is 5.87. The second-order valence-electron chi connectivity index (χ2n) is 2.66. The van der Waals surface area contributed by atoms with Crippen LogP contribution in [0.15, 0.2) is 12.1 Å². The summed E-state index contributed by atoms with van der Waals surface area (Å²) >= 11 is 0. The standard InChI is InChI=1S/C9H9F2NO2/c1-5-6(8(10)11)3-4-7(12-5)9(13)14-2/h3-4,8H,1-2H3. The first-order valence-electron chi connectivity index (χ1n) is 3.90. The van der Waals surface area contributed by atoms with Crippen LogP contribution in [0.4, 0.5) is 8.78 Å². The van der Waals surface area contributed by atoms with Gasteiger partial charge in [0, 0.05) is 11.3 Å². The lowest BCUT2D eigenvalue weighted by Gasteiger charge is -2.05. The number of alkyl halides is 2. The molecule has 0 aromatic carbocycles. The van der Waals surface area contributed by atoms with Crippen molar-refractivity contribution in [3.63, 3.8) is 0 Å². The van der Waals surface area contributed by atoms with Crippen LogP contribution in [0.2, 0.25) is 0 Å². The van der Waals surface area contributed by atoms with E-state index in [-0.39, 0.29) is 17.0 Å². The average molecular weight is 201 g/mol. The van der Waals surface area contributed by atoms with Gasteiger partial charge in [0.15, 0.2) is 0 Å². The average Bonchev–Trinajstić information content (AvgIpc) is 2.15. The van der Waals surface area contributed by atoms with E-state index >= 15 is 0 Å². The molecule has 1 heterocycles. The van der Waals surface area contributed by atoms with Gasteiger partial charge in [0.2, 0.25) is 0 Å². The molecule has 0 radical (unpaired) electrons. The molecular formula is C9H9F2NO2. The zero-order valence-electron chi connectivity index (χ0n) is 7.75. The second-order valence-corrected chi connectivity index (χ2v) is 2.66. The summed E-state index contributed by atoms with van der Waals surface area (Å²) in [6.45, 7) is 1.42. The number of halogens is 2. The van der Waals surface area contributed by atoms with E-state index in [1.165, 1.54) is 26.2 Å². The van der Waals surface area contributed by atoms with Crippen LogP contribution in [0.3, 0.4) is 0 Å². The first-order valence-corrected chi connectivity index (χ1v) is 3.90. The van der Waals surface area contributed by atoms with Crippen molar-refractivity contribution in [3.05, 3.63) is 29.1 Å². The SMILES string of the molecule is COC(=O)c1ccc(C(F)F)c(C)n1. The van der Waals surface area contributed by atoms with E-state index < -0.39 is 12.4 Å². The highest BCUT2D eigenvalue weighted by Gasteiger charge is 2.14. The Morgan fingerprint density at radius 1 is 1.50 bits per heavy atom. The number of methoxy groups -OCH3 is 1. The summed E-state index contributed by atoms with van der Waals surface area (Å²) in [5.41, 5.74) is 0.00922. The van der Waals surface area contributed by atoms with Gasteiger partial charge >= 0.3 is 5.97 Å². The molecule has 0 saturated carbocycles. The van der Waals surface area contributed by atoms with Gasteiger partial charge in [-0.15, -0.1) is 0 Å². The monoisotopic (exact) mass is 201 g/mol. The van der Waals surface area contributed by atoms with Gasteiger partial charge in [0.1, 0.15) is 5.69 Å². The number of aromatic nitrogens is 1. The Morgan fingerprint density at radius 2 is 2.14 bits per heavy atom. The largest absolute Gasteiger partial charge is 0.464 e. The molecule has 0 fully saturated rings. The van der Waals surface area contributed by atoms with Crippen molar-refractivity contribution in [1.82, 2.24) is 4.98 Å². The van der Waals surface area contributed by atoms with Gasteiger partial charge in [-0.3, -0.25) is 0 Å². The van der Waals surface area contributed by atoms with Crippen LogP contribution < -0.4 is 0 Å². The van der Waals surface area contributed by atoms with Crippen LogP contribution in [0.1, 0.15) is 28.2 Å². The summed E-state index contributed by atoms with van der Waals surface area (Å²) in [6, 6.07) is 2.40. The van der Waals surface area contributed by atoms with E-state index in [0.717, 1.165) is 0 Å². The Labute approximate surface area is 79.7 Å². The fourth-order valence-corrected chi connectivity index (χ4v) is 1.02. The maximum Gasteiger partial charge on any atom is 0.356 e. The third-order valence-corrected chi connectivity index (χ3v) is 1.76. The van der Waals surface area contributed by atoms with Crippen LogP contribution >= 0.6 is 0 Å². The quantitative estimate of drug-likeness (QED) is 0.688. The Bertz CT molecular complexity index is 353. The minimum Gasteiger partial charge on any atom is -0.464 e. The van der Waals surface area contributed by atoms with E-state index in [0.29, 0.717) is 0 Å². The molecule has 0 spiro atoms. The van der Waals surface area contributed by atoms with E-state index in [1.54, 1.807) is 0 Å². The molecule has 0 atom stereocenters. The molecule has 0 aliphatic rings. The molecule has 3 nitrogen and oxygen atoms in total. The summed E-state index contributed by atoms with van der Waals surface area (Å²) in [5.74, 6) is -0.631. The Kier molecular flexibility index (Phi) is 3.11. The lowest BCUT2D eigenvalue weighted by Crippen LogP contribution is -2.06. The molecular weight excluding hydrogens is 192 g/mol. The minimum absolute atomic E-state index is 0.0365. The number of hydrogen-bond donors (Lipinski definition) is 0. The smallest absolute Gasteiger partial charge is 0.356 e. The van der Waals surface area contributed by atoms with E-state index in [9.17, 15) is 13.6 Å². The van der Waals surface area contributed by atoms with Crippen LogP contribution in [0, 0.1) is 6.92 Å². The molecule has 5 heteroatoms. The fraction of sp³-hybridized carbons (Fsp3) is 0.333. The number of carbonyl (C=O) groups is 1. The van der Waals surface area contributed by atoms with E-state index in [1.807, 2.05) is 0 Å². The molecule has 0 amide bonds. The fourth-order valence-electron chi connectivity index (χ4n) is 1.02. The molecule has 1 rings (SSSR count). The molecule has 1 aromatic rings. The first kappa shape index (κ1) is 10.6. The Hall–Kier alpha value is -1.52. The second kappa shape index (κ2) is 4.13. The zero-order chi connectivity index (χ0) is 10.7. The molecule has 0 unspecified atom stereocenters. The number of aryl methyl sites for hydroxylation is 1. The summed E-state index contributed by atoms with van der Waals surface area (Å²) in [5, 5.41) is 0. The number of esters is 1. The van der Waals surface area contributed by atoms with Crippen molar-refractivity contribution in [2.24, 2.45) is 0 Å². The normalized spacial score (nSPS) is 10.4. The number of rotatable bonds is 2. The van der Waals surface area contributed by atoms with Crippen LogP contribution in [-0.4, -0.2) is 18.1 Å². The number of hydrogen-bond acceptors (Lipinski definition) is 3. The third kappa shape index (κ3) is 2.04. The summed E-state index contributed by atoms with van der Waals surface area (Å²) in [6.07, 6.45) is -2.57. The van der Waals surface area contributed by atoms with Gasteiger partial charge in [-0.2, -0.15) is 0 Å². The molecule has 76 valence electrons. The lowest BCUT2D eigenvalue weighted by atomic mass is 10.2. The van der Waals surface area contributed by atoms with Crippen LogP contribution in [-0.2, 0) is 4.74 Å². The zero-order valence-corrected chi connectivity index (χ0v) is 7.75. The van der Waals surface area contributed by atoms with Crippen LogP contribution in [0.25, 0.3) is 0 Å². The number of ether oxygens (including phenoxy) is 1. The highest BCUT2D eigenvalue weighted by Crippen LogP contribution is 2.21. The van der Waals surface area contributed by atoms with Crippen LogP contribution in [0.5, 0.6) is 0 Å². The van der Waals surface area contributed by atoms with Crippen molar-refractivity contribution in [2.45, 2.75) is 13.3 Å². The van der Waals surface area contributed by atoms with Gasteiger partial charge in [0.25, 0.3) is 6.43 Å². The van der Waals surface area contributed by atoms with Crippen molar-refractivity contribution >= 4 is 5.97 Å². The third-order valence-electron chi connectivity index (χ3n) is 1.76.